The van der Waals surface area contributed by atoms with Crippen LogP contribution >= 0.6 is 27.3 Å². The van der Waals surface area contributed by atoms with Crippen LogP contribution in [0.4, 0.5) is 5.13 Å². The van der Waals surface area contributed by atoms with E-state index in [0.717, 1.165) is 15.7 Å². The molecule has 0 saturated heterocycles. The highest BCUT2D eigenvalue weighted by Gasteiger charge is 2.07. The second-order valence-corrected chi connectivity index (χ2v) is 6.14. The predicted octanol–water partition coefficient (Wildman–Crippen LogP) is 3.72. The molecule has 0 atom stereocenters. The maximum atomic E-state index is 11.9. The molecule has 7 heteroatoms. The molecule has 22 heavy (non-hydrogen) atoms. The molecule has 0 saturated carbocycles. The molecule has 5 nitrogen and oxygen atoms in total. The minimum absolute atomic E-state index is 0.256. The van der Waals surface area contributed by atoms with Gasteiger partial charge in [-0.05, 0) is 24.3 Å². The zero-order valence-electron chi connectivity index (χ0n) is 11.3. The molecule has 0 fully saturated rings. The number of aromatic nitrogens is 2. The monoisotopic (exact) mass is 374 g/mol. The Morgan fingerprint density at radius 2 is 2.00 bits per heavy atom. The number of hydrogen-bond donors (Lipinski definition) is 2. The fourth-order valence-corrected chi connectivity index (χ4v) is 2.70. The normalized spacial score (nSPS) is 10.2. The highest BCUT2D eigenvalue weighted by Crippen LogP contribution is 2.25. The summed E-state index contributed by atoms with van der Waals surface area (Å²) < 4.78 is 1.02. The van der Waals surface area contributed by atoms with Gasteiger partial charge in [0.05, 0.1) is 11.3 Å². The van der Waals surface area contributed by atoms with Crippen molar-refractivity contribution in [2.24, 2.45) is 0 Å². The van der Waals surface area contributed by atoms with Gasteiger partial charge in [0.2, 0.25) is 5.13 Å². The van der Waals surface area contributed by atoms with Crippen LogP contribution in [-0.2, 0) is 0 Å². The van der Waals surface area contributed by atoms with Crippen molar-refractivity contribution in [3.05, 3.63) is 64.2 Å². The number of hydrogen-bond acceptors (Lipinski definition) is 5. The van der Waals surface area contributed by atoms with Crippen LogP contribution in [0, 0.1) is 0 Å². The Balaban J connectivity index is 1.65. The lowest BCUT2D eigenvalue weighted by molar-refractivity contribution is 0.0962. The summed E-state index contributed by atoms with van der Waals surface area (Å²) in [5.41, 5.74) is 7.78. The summed E-state index contributed by atoms with van der Waals surface area (Å²) in [6.07, 6.45) is 3.13. The van der Waals surface area contributed by atoms with Gasteiger partial charge >= 0.3 is 0 Å². The third-order valence-electron chi connectivity index (χ3n) is 2.85. The van der Waals surface area contributed by atoms with Crippen molar-refractivity contribution in [1.82, 2.24) is 15.4 Å². The third kappa shape index (κ3) is 3.49. The Hall–Kier alpha value is -2.25. The van der Waals surface area contributed by atoms with E-state index >= 15 is 0 Å². The van der Waals surface area contributed by atoms with Gasteiger partial charge in [0.25, 0.3) is 5.91 Å². The van der Waals surface area contributed by atoms with E-state index in [9.17, 15) is 4.79 Å². The molecule has 0 aliphatic heterocycles. The molecule has 1 amide bonds. The van der Waals surface area contributed by atoms with Gasteiger partial charge in [-0.15, -0.1) is 11.3 Å². The lowest BCUT2D eigenvalue weighted by Gasteiger charge is -2.04. The Kier molecular flexibility index (Phi) is 4.45. The summed E-state index contributed by atoms with van der Waals surface area (Å²) in [5, 5.41) is 2.55. The van der Waals surface area contributed by atoms with Crippen molar-refractivity contribution in [1.29, 1.82) is 0 Å². The van der Waals surface area contributed by atoms with Crippen LogP contribution in [0.2, 0.25) is 0 Å². The minimum Gasteiger partial charge on any atom is -0.273 e. The summed E-state index contributed by atoms with van der Waals surface area (Å²) in [6.45, 7) is 0. The summed E-state index contributed by atoms with van der Waals surface area (Å²) in [5.74, 6) is -0.256. The van der Waals surface area contributed by atoms with Gasteiger partial charge in [0, 0.05) is 27.8 Å². The average Bonchev–Trinajstić information content (AvgIpc) is 3.03. The number of carbonyl (C=O) groups is 1. The van der Waals surface area contributed by atoms with Crippen molar-refractivity contribution in [2.75, 3.05) is 5.43 Å². The van der Waals surface area contributed by atoms with Gasteiger partial charge in [-0.1, -0.05) is 28.1 Å². The lowest BCUT2D eigenvalue weighted by atomic mass is 10.2. The number of benzene rings is 1. The van der Waals surface area contributed by atoms with Crippen molar-refractivity contribution < 1.29 is 4.79 Å². The molecule has 2 heterocycles. The molecule has 1 aromatic carbocycles. The maximum absolute atomic E-state index is 11.9. The number of pyridine rings is 1. The second kappa shape index (κ2) is 6.67. The largest absolute Gasteiger partial charge is 0.273 e. The molecule has 2 aromatic heterocycles. The quantitative estimate of drug-likeness (QED) is 0.682. The zero-order chi connectivity index (χ0) is 15.4. The van der Waals surface area contributed by atoms with Gasteiger partial charge in [-0.3, -0.25) is 20.6 Å². The van der Waals surface area contributed by atoms with E-state index in [1.165, 1.54) is 17.5 Å². The Morgan fingerprint density at radius 3 is 2.73 bits per heavy atom. The number of carbonyl (C=O) groups excluding carboxylic acids is 1. The van der Waals surface area contributed by atoms with Crippen LogP contribution in [0.15, 0.2) is 58.6 Å². The van der Waals surface area contributed by atoms with E-state index in [2.05, 4.69) is 36.7 Å². The van der Waals surface area contributed by atoms with Crippen LogP contribution in [0.25, 0.3) is 11.3 Å². The Morgan fingerprint density at radius 1 is 1.18 bits per heavy atom. The first-order chi connectivity index (χ1) is 10.7. The summed E-state index contributed by atoms with van der Waals surface area (Å²) in [6, 6.07) is 11.3. The number of halogens is 1. The predicted molar refractivity (Wildman–Crippen MR) is 90.6 cm³/mol. The van der Waals surface area contributed by atoms with Crippen LogP contribution in [-0.4, -0.2) is 15.9 Å². The van der Waals surface area contributed by atoms with Crippen molar-refractivity contribution in [3.63, 3.8) is 0 Å². The molecule has 3 aromatic rings. The van der Waals surface area contributed by atoms with Gasteiger partial charge in [0.15, 0.2) is 0 Å². The molecule has 110 valence electrons. The number of anilines is 1. The van der Waals surface area contributed by atoms with E-state index in [-0.39, 0.29) is 5.91 Å². The van der Waals surface area contributed by atoms with E-state index in [0.29, 0.717) is 10.7 Å². The number of nitrogens with one attached hydrogen (secondary N) is 2. The SMILES string of the molecule is O=C(NNc1nc(-c2ccc(Br)cc2)cs1)c1cccnc1. The number of amides is 1. The van der Waals surface area contributed by atoms with Crippen molar-refractivity contribution in [3.8, 4) is 11.3 Å². The molecule has 0 bridgehead atoms. The standard InChI is InChI=1S/C15H11BrN4OS/c16-12-5-3-10(4-6-12)13-9-22-15(18-13)20-19-14(21)11-2-1-7-17-8-11/h1-9H,(H,18,20)(H,19,21). The molecule has 3 rings (SSSR count). The highest BCUT2D eigenvalue weighted by molar-refractivity contribution is 9.10. The maximum Gasteiger partial charge on any atom is 0.271 e. The second-order valence-electron chi connectivity index (χ2n) is 4.37. The molecule has 0 unspecified atom stereocenters. The molecule has 2 N–H and O–H groups in total. The topological polar surface area (TPSA) is 66.9 Å². The van der Waals surface area contributed by atoms with Gasteiger partial charge in [-0.2, -0.15) is 0 Å². The summed E-state index contributed by atoms with van der Waals surface area (Å²) in [7, 11) is 0. The van der Waals surface area contributed by atoms with Crippen LogP contribution in [0.3, 0.4) is 0 Å². The van der Waals surface area contributed by atoms with Crippen LogP contribution < -0.4 is 10.9 Å². The van der Waals surface area contributed by atoms with Crippen molar-refractivity contribution in [2.45, 2.75) is 0 Å². The van der Waals surface area contributed by atoms with Crippen LogP contribution in [0.5, 0.6) is 0 Å². The Labute approximate surface area is 139 Å². The van der Waals surface area contributed by atoms with Gasteiger partial charge < -0.3 is 0 Å². The van der Waals surface area contributed by atoms with Gasteiger partial charge in [-0.25, -0.2) is 4.98 Å². The van der Waals surface area contributed by atoms with Gasteiger partial charge in [0.1, 0.15) is 0 Å². The number of hydrazine groups is 1. The lowest BCUT2D eigenvalue weighted by Crippen LogP contribution is -2.29. The first-order valence-electron chi connectivity index (χ1n) is 6.40. The third-order valence-corrected chi connectivity index (χ3v) is 4.14. The molecule has 0 radical (unpaired) electrons. The van der Waals surface area contributed by atoms with E-state index in [1.807, 2.05) is 29.6 Å². The van der Waals surface area contributed by atoms with Crippen LogP contribution in [0.1, 0.15) is 10.4 Å². The van der Waals surface area contributed by atoms with E-state index in [1.54, 1.807) is 18.3 Å². The molecule has 0 aliphatic rings. The molecule has 0 aliphatic carbocycles. The number of thiazole rings is 1. The summed E-state index contributed by atoms with van der Waals surface area (Å²) in [4.78, 5) is 20.2. The molecular weight excluding hydrogens is 364 g/mol. The van der Waals surface area contributed by atoms with Crippen molar-refractivity contribution >= 4 is 38.3 Å². The number of nitrogens with zero attached hydrogens (tertiary/aromatic N) is 2. The minimum atomic E-state index is -0.256. The first kappa shape index (κ1) is 14.7. The fourth-order valence-electron chi connectivity index (χ4n) is 1.76. The molecular formula is C15H11BrN4OS. The smallest absolute Gasteiger partial charge is 0.271 e. The van der Waals surface area contributed by atoms with E-state index in [4.69, 9.17) is 0 Å². The summed E-state index contributed by atoms with van der Waals surface area (Å²) >= 11 is 4.82. The molecule has 0 spiro atoms. The average molecular weight is 375 g/mol. The number of rotatable bonds is 4. The Bertz CT molecular complexity index is 774. The fraction of sp³-hybridized carbons (Fsp3) is 0. The first-order valence-corrected chi connectivity index (χ1v) is 8.07. The van der Waals surface area contributed by atoms with E-state index < -0.39 is 0 Å². The zero-order valence-corrected chi connectivity index (χ0v) is 13.7. The highest BCUT2D eigenvalue weighted by atomic mass is 79.9.